The summed E-state index contributed by atoms with van der Waals surface area (Å²) < 4.78 is 1.63. The van der Waals surface area contributed by atoms with Crippen LogP contribution in [0, 0.1) is 20.2 Å². The van der Waals surface area contributed by atoms with E-state index in [4.69, 9.17) is 0 Å². The van der Waals surface area contributed by atoms with Gasteiger partial charge in [-0.05, 0) is 47.7 Å². The Bertz CT molecular complexity index is 1600. The van der Waals surface area contributed by atoms with Crippen LogP contribution in [0.2, 0.25) is 0 Å². The molecule has 12 heteroatoms. The summed E-state index contributed by atoms with van der Waals surface area (Å²) in [6, 6.07) is 20.8. The van der Waals surface area contributed by atoms with Crippen LogP contribution in [0.1, 0.15) is 11.1 Å². The van der Waals surface area contributed by atoms with E-state index in [1.54, 1.807) is 29.1 Å². The van der Waals surface area contributed by atoms with Gasteiger partial charge >= 0.3 is 0 Å². The number of benzene rings is 3. The van der Waals surface area contributed by atoms with Crippen molar-refractivity contribution in [2.75, 3.05) is 0 Å². The molecule has 1 aliphatic rings. The van der Waals surface area contributed by atoms with E-state index in [2.05, 4.69) is 5.10 Å². The number of amides is 2. The number of hydrogen-bond donors (Lipinski definition) is 0. The molecule has 3 aromatic carbocycles. The number of hydrogen-bond acceptors (Lipinski definition) is 8. The predicted molar refractivity (Wildman–Crippen MR) is 140 cm³/mol. The molecule has 0 bridgehead atoms. The minimum Gasteiger partial charge on any atom is -0.268 e. The molecule has 0 N–H and O–H groups in total. The Labute approximate surface area is 219 Å². The highest BCUT2D eigenvalue weighted by molar-refractivity contribution is 8.18. The highest BCUT2D eigenvalue weighted by Crippen LogP contribution is 2.36. The number of nitro benzene ring substituents is 2. The monoisotopic (exact) mass is 527 g/mol. The lowest BCUT2D eigenvalue weighted by atomic mass is 10.1. The molecule has 11 nitrogen and oxygen atoms in total. The molecule has 38 heavy (non-hydrogen) atoms. The zero-order valence-corrected chi connectivity index (χ0v) is 20.3. The van der Waals surface area contributed by atoms with E-state index in [9.17, 15) is 29.8 Å². The Hall–Kier alpha value is -5.10. The quantitative estimate of drug-likeness (QED) is 0.172. The summed E-state index contributed by atoms with van der Waals surface area (Å²) >= 11 is 0.783. The first-order chi connectivity index (χ1) is 18.3. The molecule has 5 rings (SSSR count). The average molecular weight is 528 g/mol. The molecule has 2 heterocycles. The molecule has 0 atom stereocenters. The normalized spacial score (nSPS) is 14.3. The van der Waals surface area contributed by atoms with E-state index in [1.807, 2.05) is 30.3 Å². The predicted octanol–water partition coefficient (Wildman–Crippen LogP) is 5.59. The number of para-hydroxylation sites is 1. The first-order valence-corrected chi connectivity index (χ1v) is 12.0. The van der Waals surface area contributed by atoms with Gasteiger partial charge in [-0.2, -0.15) is 5.10 Å². The molecule has 1 aromatic heterocycles. The van der Waals surface area contributed by atoms with E-state index in [0.717, 1.165) is 22.3 Å². The lowest BCUT2D eigenvalue weighted by molar-refractivity contribution is -0.385. The summed E-state index contributed by atoms with van der Waals surface area (Å²) in [5.41, 5.74) is 2.81. The second-order valence-electron chi connectivity index (χ2n) is 8.21. The lowest BCUT2D eigenvalue weighted by Gasteiger charge is -2.12. The van der Waals surface area contributed by atoms with Gasteiger partial charge < -0.3 is 0 Å². The Kier molecular flexibility index (Phi) is 6.54. The van der Waals surface area contributed by atoms with Gasteiger partial charge in [0.1, 0.15) is 0 Å². The molecule has 1 saturated heterocycles. The Morgan fingerprint density at radius 3 is 2.05 bits per heavy atom. The third-order valence-electron chi connectivity index (χ3n) is 5.76. The van der Waals surface area contributed by atoms with E-state index < -0.39 is 21.0 Å². The number of thioether (sulfide) groups is 1. The number of carbonyl (C=O) groups is 2. The Morgan fingerprint density at radius 2 is 1.45 bits per heavy atom. The average Bonchev–Trinajstić information content (AvgIpc) is 3.46. The van der Waals surface area contributed by atoms with E-state index >= 15 is 0 Å². The van der Waals surface area contributed by atoms with Crippen molar-refractivity contribution in [1.29, 1.82) is 0 Å². The largest absolute Gasteiger partial charge is 0.293 e. The molecule has 0 saturated carbocycles. The van der Waals surface area contributed by atoms with Gasteiger partial charge in [0.05, 0.1) is 32.7 Å². The van der Waals surface area contributed by atoms with Gasteiger partial charge in [-0.15, -0.1) is 0 Å². The first kappa shape index (κ1) is 24.6. The van der Waals surface area contributed by atoms with E-state index in [-0.39, 0.29) is 22.8 Å². The summed E-state index contributed by atoms with van der Waals surface area (Å²) in [6.45, 7) is -0.0293. The van der Waals surface area contributed by atoms with Crippen LogP contribution in [0.3, 0.4) is 0 Å². The van der Waals surface area contributed by atoms with Crippen LogP contribution < -0.4 is 0 Å². The zero-order chi connectivity index (χ0) is 26.8. The SMILES string of the molecule is O=C1S/C(=C\c2cn(-c3ccccc3)nc2-c2ccc([N+](=O)[O-])cc2)C(=O)N1Cc1ccc([N+](=O)[O-])cc1. The van der Waals surface area contributed by atoms with Gasteiger partial charge in [-0.25, -0.2) is 4.68 Å². The van der Waals surface area contributed by atoms with Gasteiger partial charge in [0, 0.05) is 41.6 Å². The van der Waals surface area contributed by atoms with Crippen LogP contribution in [-0.4, -0.2) is 35.7 Å². The first-order valence-electron chi connectivity index (χ1n) is 11.2. The Balaban J connectivity index is 1.48. The third-order valence-corrected chi connectivity index (χ3v) is 6.67. The number of non-ortho nitro benzene ring substituents is 2. The molecule has 0 radical (unpaired) electrons. The number of aromatic nitrogens is 2. The standard InChI is InChI=1S/C26H17N5O6S/c32-25-23(38-26(33)28(25)15-17-6-10-21(11-7-17)30(34)35)14-19-16-29(20-4-2-1-3-5-20)27-24(19)18-8-12-22(13-9-18)31(36)37/h1-14,16H,15H2/b23-14-. The fraction of sp³-hybridized carbons (Fsp3) is 0.0385. The van der Waals surface area contributed by atoms with E-state index in [0.29, 0.717) is 22.4 Å². The van der Waals surface area contributed by atoms with E-state index in [1.165, 1.54) is 36.4 Å². The fourth-order valence-electron chi connectivity index (χ4n) is 3.85. The van der Waals surface area contributed by atoms with Gasteiger partial charge in [-0.1, -0.05) is 30.3 Å². The van der Waals surface area contributed by atoms with Gasteiger partial charge in [0.25, 0.3) is 22.5 Å². The molecule has 0 aliphatic carbocycles. The highest BCUT2D eigenvalue weighted by Gasteiger charge is 2.35. The molecule has 0 unspecified atom stereocenters. The highest BCUT2D eigenvalue weighted by atomic mass is 32.2. The lowest BCUT2D eigenvalue weighted by Crippen LogP contribution is -2.27. The zero-order valence-electron chi connectivity index (χ0n) is 19.5. The summed E-state index contributed by atoms with van der Waals surface area (Å²) in [4.78, 5) is 48.0. The summed E-state index contributed by atoms with van der Waals surface area (Å²) in [5.74, 6) is -0.500. The molecule has 2 amide bonds. The second-order valence-corrected chi connectivity index (χ2v) is 9.20. The number of nitrogens with zero attached hydrogens (tertiary/aromatic N) is 5. The summed E-state index contributed by atoms with van der Waals surface area (Å²) in [5, 5.41) is 26.1. The molecule has 0 spiro atoms. The van der Waals surface area contributed by atoms with Crippen LogP contribution in [-0.2, 0) is 11.3 Å². The number of imide groups is 1. The van der Waals surface area contributed by atoms with Crippen molar-refractivity contribution < 1.29 is 19.4 Å². The fourth-order valence-corrected chi connectivity index (χ4v) is 4.68. The number of carbonyl (C=O) groups excluding carboxylic acids is 2. The molecule has 4 aromatic rings. The van der Waals surface area contributed by atoms with Crippen LogP contribution in [0.4, 0.5) is 16.2 Å². The van der Waals surface area contributed by atoms with Crippen LogP contribution in [0.15, 0.2) is 90.0 Å². The third kappa shape index (κ3) is 4.92. The topological polar surface area (TPSA) is 141 Å². The van der Waals surface area contributed by atoms with Gasteiger partial charge in [0.15, 0.2) is 0 Å². The van der Waals surface area contributed by atoms with Crippen LogP contribution >= 0.6 is 11.8 Å². The Morgan fingerprint density at radius 1 is 0.842 bits per heavy atom. The van der Waals surface area contributed by atoms with Crippen molar-refractivity contribution in [1.82, 2.24) is 14.7 Å². The molecule has 188 valence electrons. The van der Waals surface area contributed by atoms with Gasteiger partial charge in [0.2, 0.25) is 0 Å². The summed E-state index contributed by atoms with van der Waals surface area (Å²) in [6.07, 6.45) is 3.29. The van der Waals surface area contributed by atoms with Crippen molar-refractivity contribution in [3.05, 3.63) is 121 Å². The molecular formula is C26H17N5O6S. The molecular weight excluding hydrogens is 510 g/mol. The van der Waals surface area contributed by atoms with Gasteiger partial charge in [-0.3, -0.25) is 34.7 Å². The van der Waals surface area contributed by atoms with Crippen molar-refractivity contribution in [3.63, 3.8) is 0 Å². The minimum atomic E-state index is -0.523. The van der Waals surface area contributed by atoms with Crippen molar-refractivity contribution in [2.45, 2.75) is 6.54 Å². The second kappa shape index (κ2) is 10.1. The molecule has 1 aliphatic heterocycles. The van der Waals surface area contributed by atoms with Crippen molar-refractivity contribution >= 4 is 40.4 Å². The minimum absolute atomic E-state index is 0.0293. The summed E-state index contributed by atoms with van der Waals surface area (Å²) in [7, 11) is 0. The smallest absolute Gasteiger partial charge is 0.268 e. The maximum atomic E-state index is 13.1. The number of rotatable bonds is 7. The maximum absolute atomic E-state index is 13.1. The van der Waals surface area contributed by atoms with Crippen molar-refractivity contribution in [2.24, 2.45) is 0 Å². The number of nitro groups is 2. The van der Waals surface area contributed by atoms with Crippen LogP contribution in [0.25, 0.3) is 23.0 Å². The van der Waals surface area contributed by atoms with Crippen LogP contribution in [0.5, 0.6) is 0 Å². The molecule has 1 fully saturated rings. The van der Waals surface area contributed by atoms with Crippen molar-refractivity contribution in [3.8, 4) is 16.9 Å². The maximum Gasteiger partial charge on any atom is 0.293 e.